The molecule has 2 fully saturated rings. The van der Waals surface area contributed by atoms with Crippen molar-refractivity contribution in [1.29, 1.82) is 0 Å². The van der Waals surface area contributed by atoms with Crippen LogP contribution in [0.3, 0.4) is 0 Å². The van der Waals surface area contributed by atoms with E-state index in [0.29, 0.717) is 24.9 Å². The minimum absolute atomic E-state index is 0.112. The maximum Gasteiger partial charge on any atom is 0.461 e. The third-order valence-corrected chi connectivity index (χ3v) is 4.52. The fourth-order valence-corrected chi connectivity index (χ4v) is 2.55. The van der Waals surface area contributed by atoms with Gasteiger partial charge >= 0.3 is 7.12 Å². The highest BCUT2D eigenvalue weighted by Gasteiger charge is 2.61. The highest BCUT2D eigenvalue weighted by molar-refractivity contribution is 6.48. The van der Waals surface area contributed by atoms with Gasteiger partial charge in [0.15, 0.2) is 6.29 Å². The van der Waals surface area contributed by atoms with Gasteiger partial charge in [0.2, 0.25) is 0 Å². The lowest BCUT2D eigenvalue weighted by Crippen LogP contribution is -2.41. The quantitative estimate of drug-likeness (QED) is 0.549. The minimum Gasteiger partial charge on any atom is -0.403 e. The highest BCUT2D eigenvalue weighted by Crippen LogP contribution is 2.55. The van der Waals surface area contributed by atoms with Crippen molar-refractivity contribution in [2.24, 2.45) is 5.92 Å². The van der Waals surface area contributed by atoms with Gasteiger partial charge < -0.3 is 18.8 Å². The number of ether oxygens (including phenoxy) is 2. The first-order valence-corrected chi connectivity index (χ1v) is 7.41. The van der Waals surface area contributed by atoms with Crippen LogP contribution in [0.1, 0.15) is 48.0 Å². The Morgan fingerprint density at radius 3 is 1.95 bits per heavy atom. The van der Waals surface area contributed by atoms with Gasteiger partial charge in [0.05, 0.1) is 11.2 Å². The molecule has 0 N–H and O–H groups in total. The van der Waals surface area contributed by atoms with Crippen LogP contribution in [0.2, 0.25) is 5.82 Å². The zero-order valence-corrected chi connectivity index (χ0v) is 13.1. The van der Waals surface area contributed by atoms with Crippen LogP contribution < -0.4 is 0 Å². The SMILES string of the molecule is CCOC(OCC)[C@@H]1C[C@H]1B1OC(C)(C)C(C)(C)O1. The van der Waals surface area contributed by atoms with Crippen molar-refractivity contribution < 1.29 is 18.8 Å². The van der Waals surface area contributed by atoms with Crippen molar-refractivity contribution in [2.45, 2.75) is 71.3 Å². The third kappa shape index (κ3) is 2.99. The molecule has 2 aliphatic rings. The van der Waals surface area contributed by atoms with E-state index < -0.39 is 0 Å². The van der Waals surface area contributed by atoms with E-state index in [4.69, 9.17) is 18.8 Å². The maximum absolute atomic E-state index is 6.09. The molecule has 0 aromatic carbocycles. The fourth-order valence-electron chi connectivity index (χ4n) is 2.55. The summed E-state index contributed by atoms with van der Waals surface area (Å²) in [6.07, 6.45) is 0.945. The van der Waals surface area contributed by atoms with E-state index in [0.717, 1.165) is 6.42 Å². The molecule has 0 unspecified atom stereocenters. The normalized spacial score (nSPS) is 32.1. The van der Waals surface area contributed by atoms with Crippen molar-refractivity contribution >= 4 is 7.12 Å². The van der Waals surface area contributed by atoms with E-state index in [1.165, 1.54) is 0 Å². The van der Waals surface area contributed by atoms with Crippen LogP contribution in [0.4, 0.5) is 0 Å². The lowest BCUT2D eigenvalue weighted by atomic mass is 9.80. The summed E-state index contributed by atoms with van der Waals surface area (Å²) in [6.45, 7) is 13.7. The van der Waals surface area contributed by atoms with Crippen LogP contribution in [-0.4, -0.2) is 37.8 Å². The molecule has 110 valence electrons. The van der Waals surface area contributed by atoms with Crippen LogP contribution >= 0.6 is 0 Å². The largest absolute Gasteiger partial charge is 0.461 e. The Kier molecular flexibility index (Phi) is 4.31. The van der Waals surface area contributed by atoms with Gasteiger partial charge in [-0.3, -0.25) is 0 Å². The molecule has 0 spiro atoms. The average Bonchev–Trinajstić information content (AvgIpc) is 3.02. The van der Waals surface area contributed by atoms with Gasteiger partial charge in [0.25, 0.3) is 0 Å². The molecular formula is C14H27BO4. The minimum atomic E-state index is -0.252. The van der Waals surface area contributed by atoms with Crippen molar-refractivity contribution in [3.63, 3.8) is 0 Å². The van der Waals surface area contributed by atoms with Gasteiger partial charge in [-0.25, -0.2) is 0 Å². The third-order valence-electron chi connectivity index (χ3n) is 4.52. The van der Waals surface area contributed by atoms with Crippen molar-refractivity contribution in [1.82, 2.24) is 0 Å². The summed E-state index contributed by atoms with van der Waals surface area (Å²) in [4.78, 5) is 0. The van der Waals surface area contributed by atoms with Gasteiger partial charge in [-0.1, -0.05) is 0 Å². The summed E-state index contributed by atoms with van der Waals surface area (Å²) in [5.74, 6) is 0.791. The lowest BCUT2D eigenvalue weighted by molar-refractivity contribution is -0.148. The Labute approximate surface area is 117 Å². The summed E-state index contributed by atoms with van der Waals surface area (Å²) < 4.78 is 23.5. The Morgan fingerprint density at radius 1 is 1.05 bits per heavy atom. The molecular weight excluding hydrogens is 243 g/mol. The van der Waals surface area contributed by atoms with Gasteiger partial charge in [0.1, 0.15) is 0 Å². The van der Waals surface area contributed by atoms with Crippen LogP contribution in [0.5, 0.6) is 0 Å². The van der Waals surface area contributed by atoms with Crippen molar-refractivity contribution in [3.8, 4) is 0 Å². The molecule has 4 nitrogen and oxygen atoms in total. The molecule has 0 radical (unpaired) electrons. The fraction of sp³-hybridized carbons (Fsp3) is 1.00. The van der Waals surface area contributed by atoms with E-state index in [1.807, 2.05) is 13.8 Å². The topological polar surface area (TPSA) is 36.9 Å². The molecule has 19 heavy (non-hydrogen) atoms. The second kappa shape index (κ2) is 5.36. The predicted molar refractivity (Wildman–Crippen MR) is 75.0 cm³/mol. The zero-order chi connectivity index (χ0) is 14.3. The summed E-state index contributed by atoms with van der Waals surface area (Å²) in [5.41, 5.74) is -0.505. The summed E-state index contributed by atoms with van der Waals surface area (Å²) in [5, 5.41) is 0. The van der Waals surface area contributed by atoms with E-state index >= 15 is 0 Å². The van der Waals surface area contributed by atoms with Crippen LogP contribution in [0.25, 0.3) is 0 Å². The molecule has 5 heteroatoms. The molecule has 2 rings (SSSR count). The molecule has 1 saturated carbocycles. The summed E-state index contributed by atoms with van der Waals surface area (Å²) in [6, 6.07) is 0. The second-order valence-electron chi connectivity index (χ2n) is 6.47. The molecule has 1 aliphatic heterocycles. The van der Waals surface area contributed by atoms with Crippen molar-refractivity contribution in [2.75, 3.05) is 13.2 Å². The Bertz CT molecular complexity index is 297. The van der Waals surface area contributed by atoms with Crippen LogP contribution in [0.15, 0.2) is 0 Å². The van der Waals surface area contributed by atoms with E-state index in [-0.39, 0.29) is 24.6 Å². The van der Waals surface area contributed by atoms with Gasteiger partial charge in [-0.15, -0.1) is 0 Å². The monoisotopic (exact) mass is 270 g/mol. The van der Waals surface area contributed by atoms with Gasteiger partial charge in [-0.05, 0) is 48.0 Å². The highest BCUT2D eigenvalue weighted by atomic mass is 16.7. The smallest absolute Gasteiger partial charge is 0.403 e. The first-order chi connectivity index (χ1) is 8.82. The Hall–Kier alpha value is -0.0951. The first-order valence-electron chi connectivity index (χ1n) is 7.41. The van der Waals surface area contributed by atoms with Crippen molar-refractivity contribution in [3.05, 3.63) is 0 Å². The van der Waals surface area contributed by atoms with E-state index in [1.54, 1.807) is 0 Å². The van der Waals surface area contributed by atoms with E-state index in [9.17, 15) is 0 Å². The standard InChI is InChI=1S/C14H27BO4/c1-7-16-12(17-8-2)10-9-11(10)15-18-13(3,4)14(5,6)19-15/h10-12H,7-9H2,1-6H3/t10-,11-/m1/s1. The predicted octanol–water partition coefficient (Wildman–Crippen LogP) is 2.87. The van der Waals surface area contributed by atoms with Crippen LogP contribution in [-0.2, 0) is 18.8 Å². The molecule has 1 saturated heterocycles. The number of rotatable bonds is 6. The number of hydrogen-bond donors (Lipinski definition) is 0. The molecule has 1 heterocycles. The van der Waals surface area contributed by atoms with Gasteiger partial charge in [0, 0.05) is 24.9 Å². The van der Waals surface area contributed by atoms with E-state index in [2.05, 4.69) is 27.7 Å². The number of hydrogen-bond acceptors (Lipinski definition) is 4. The molecule has 2 atom stereocenters. The molecule has 1 aliphatic carbocycles. The maximum atomic E-state index is 6.09. The molecule has 0 aromatic rings. The van der Waals surface area contributed by atoms with Gasteiger partial charge in [-0.2, -0.15) is 0 Å². The zero-order valence-electron chi connectivity index (χ0n) is 13.1. The first kappa shape index (κ1) is 15.3. The van der Waals surface area contributed by atoms with Crippen LogP contribution in [0, 0.1) is 5.92 Å². The molecule has 0 bridgehead atoms. The Balaban J connectivity index is 1.93. The average molecular weight is 270 g/mol. The summed E-state index contributed by atoms with van der Waals surface area (Å²) >= 11 is 0. The Morgan fingerprint density at radius 2 is 1.53 bits per heavy atom. The molecule has 0 amide bonds. The lowest BCUT2D eigenvalue weighted by Gasteiger charge is -2.32. The summed E-state index contributed by atoms with van der Waals surface area (Å²) in [7, 11) is -0.126. The molecule has 0 aromatic heterocycles. The second-order valence-corrected chi connectivity index (χ2v) is 6.47.